The molecule has 0 amide bonds. The summed E-state index contributed by atoms with van der Waals surface area (Å²) in [6.07, 6.45) is 0. The lowest BCUT2D eigenvalue weighted by Gasteiger charge is -2.46. The molecule has 0 bridgehead atoms. The lowest BCUT2D eigenvalue weighted by atomic mass is 9.33. The van der Waals surface area contributed by atoms with Crippen molar-refractivity contribution in [2.75, 3.05) is 9.80 Å². The van der Waals surface area contributed by atoms with Gasteiger partial charge in [-0.2, -0.15) is 0 Å². The highest BCUT2D eigenvalue weighted by Gasteiger charge is 2.45. The monoisotopic (exact) mass is 796 g/mol. The lowest BCUT2D eigenvalue weighted by Crippen LogP contribution is -2.61. The fourth-order valence-electron chi connectivity index (χ4n) is 9.86. The van der Waals surface area contributed by atoms with Crippen molar-refractivity contribution in [2.24, 2.45) is 0 Å². The first kappa shape index (κ1) is 40.6. The van der Waals surface area contributed by atoms with Gasteiger partial charge in [0.1, 0.15) is 0 Å². The smallest absolute Gasteiger partial charge is 0.252 e. The number of fused-ring (bicyclic) bond motifs is 4. The second kappa shape index (κ2) is 15.0. The number of rotatable bonds is 7. The Morgan fingerprint density at radius 3 is 1.28 bits per heavy atom. The first-order valence-corrected chi connectivity index (χ1v) is 22.4. The van der Waals surface area contributed by atoms with Crippen LogP contribution >= 0.6 is 0 Å². The highest BCUT2D eigenvalue weighted by atomic mass is 15.2. The summed E-state index contributed by atoms with van der Waals surface area (Å²) in [4.78, 5) is 5.17. The molecule has 2 aliphatic heterocycles. The van der Waals surface area contributed by atoms with Crippen LogP contribution in [0.2, 0.25) is 0 Å². The van der Waals surface area contributed by atoms with E-state index >= 15 is 0 Å². The maximum Gasteiger partial charge on any atom is 0.252 e. The summed E-state index contributed by atoms with van der Waals surface area (Å²) >= 11 is 0. The van der Waals surface area contributed by atoms with Crippen LogP contribution < -0.4 is 26.2 Å². The molecule has 2 heterocycles. The predicted molar refractivity (Wildman–Crippen MR) is 264 cm³/mol. The summed E-state index contributed by atoms with van der Waals surface area (Å²) in [7, 11) is 0. The summed E-state index contributed by atoms with van der Waals surface area (Å²) < 4.78 is 0. The fourth-order valence-corrected chi connectivity index (χ4v) is 9.86. The van der Waals surface area contributed by atoms with Crippen molar-refractivity contribution in [3.63, 3.8) is 0 Å². The van der Waals surface area contributed by atoms with Gasteiger partial charge in [-0.3, -0.25) is 0 Å². The molecule has 0 aromatic heterocycles. The van der Waals surface area contributed by atoms with E-state index in [1.807, 2.05) is 0 Å². The Kier molecular flexibility index (Phi) is 9.97. The average molecular weight is 797 g/mol. The molecule has 0 saturated carbocycles. The number of nitrogens with zero attached hydrogens (tertiary/aromatic N) is 2. The van der Waals surface area contributed by atoms with Crippen molar-refractivity contribution in [1.29, 1.82) is 0 Å². The van der Waals surface area contributed by atoms with Crippen LogP contribution in [0.4, 0.5) is 34.1 Å². The third kappa shape index (κ3) is 6.91. The van der Waals surface area contributed by atoms with E-state index in [0.717, 1.165) is 0 Å². The molecule has 0 atom stereocenters. The summed E-state index contributed by atoms with van der Waals surface area (Å²) in [5.41, 5.74) is 20.1. The summed E-state index contributed by atoms with van der Waals surface area (Å²) in [6.45, 7) is 25.6. The SMILES string of the molecule is CC(C)c1ccc(N2c3ccc(C(C)C)cc3B3c4cc(C(C)(C)C)ccc4N(c4ccc(C(C)(C)C)cc4)c4cc(C(C)(c5ccccc5)c5ccccc5)cc2c43)cc1. The van der Waals surface area contributed by atoms with E-state index < -0.39 is 5.41 Å². The van der Waals surface area contributed by atoms with Gasteiger partial charge in [0.05, 0.1) is 0 Å². The highest BCUT2D eigenvalue weighted by Crippen LogP contribution is 2.49. The summed E-state index contributed by atoms with van der Waals surface area (Å²) in [6, 6.07) is 60.7. The minimum atomic E-state index is -0.462. The highest BCUT2D eigenvalue weighted by molar-refractivity contribution is 7.00. The molecule has 7 aromatic carbocycles. The largest absolute Gasteiger partial charge is 0.311 e. The molecule has 61 heavy (non-hydrogen) atoms. The zero-order valence-electron chi connectivity index (χ0n) is 38.1. The van der Waals surface area contributed by atoms with Gasteiger partial charge in [-0.15, -0.1) is 0 Å². The summed E-state index contributed by atoms with van der Waals surface area (Å²) in [5.74, 6) is 0.840. The minimum Gasteiger partial charge on any atom is -0.311 e. The van der Waals surface area contributed by atoms with Gasteiger partial charge in [0.15, 0.2) is 0 Å². The molecule has 0 radical (unpaired) electrons. The molecule has 0 spiro atoms. The number of anilines is 6. The predicted octanol–water partition coefficient (Wildman–Crippen LogP) is 14.0. The Balaban J connectivity index is 1.44. The van der Waals surface area contributed by atoms with Crippen LogP contribution in [-0.4, -0.2) is 6.71 Å². The van der Waals surface area contributed by atoms with Gasteiger partial charge in [-0.25, -0.2) is 0 Å². The van der Waals surface area contributed by atoms with Crippen molar-refractivity contribution in [3.8, 4) is 0 Å². The average Bonchev–Trinajstić information content (AvgIpc) is 3.25. The zero-order valence-corrected chi connectivity index (χ0v) is 38.1. The van der Waals surface area contributed by atoms with E-state index in [2.05, 4.69) is 244 Å². The van der Waals surface area contributed by atoms with Gasteiger partial charge in [-0.05, 0) is 133 Å². The Hall–Kier alpha value is -5.80. The van der Waals surface area contributed by atoms with Crippen molar-refractivity contribution in [3.05, 3.63) is 197 Å². The van der Waals surface area contributed by atoms with E-state index in [4.69, 9.17) is 0 Å². The molecular weight excluding hydrogens is 735 g/mol. The van der Waals surface area contributed by atoms with E-state index in [1.54, 1.807) is 0 Å². The molecule has 0 saturated heterocycles. The first-order valence-electron chi connectivity index (χ1n) is 22.4. The Bertz CT molecular complexity index is 2680. The second-order valence-corrected chi connectivity index (χ2v) is 20.4. The molecule has 0 fully saturated rings. The molecule has 2 aliphatic rings. The van der Waals surface area contributed by atoms with Gasteiger partial charge in [0.2, 0.25) is 0 Å². The van der Waals surface area contributed by atoms with Gasteiger partial charge in [0.25, 0.3) is 6.71 Å². The third-order valence-electron chi connectivity index (χ3n) is 13.7. The van der Waals surface area contributed by atoms with Gasteiger partial charge in [0, 0.05) is 39.5 Å². The van der Waals surface area contributed by atoms with Crippen LogP contribution in [-0.2, 0) is 16.2 Å². The van der Waals surface area contributed by atoms with Crippen molar-refractivity contribution in [2.45, 2.75) is 104 Å². The Morgan fingerprint density at radius 2 is 0.803 bits per heavy atom. The van der Waals surface area contributed by atoms with Gasteiger partial charge < -0.3 is 9.80 Å². The summed E-state index contributed by atoms with van der Waals surface area (Å²) in [5, 5.41) is 0. The van der Waals surface area contributed by atoms with Crippen molar-refractivity contribution < 1.29 is 0 Å². The standard InChI is InChI=1S/C58H61BN2/c1-38(2)40-22-28-47(29-23-40)60-51-32-24-41(39(3)4)34-49(51)59-50-35-45(57(8,9)10)27-33-52(50)61(48-30-25-42(26-31-48)56(5,6)7)54-37-46(36-53(60)55(54)59)58(11,43-18-14-12-15-19-43)44-20-16-13-17-21-44/h12-39H,1-11H3. The molecule has 3 heteroatoms. The number of hydrogen-bond acceptors (Lipinski definition) is 2. The van der Waals surface area contributed by atoms with Crippen LogP contribution in [0.5, 0.6) is 0 Å². The van der Waals surface area contributed by atoms with Crippen molar-refractivity contribution >= 4 is 57.2 Å². The number of hydrogen-bond donors (Lipinski definition) is 0. The molecule has 0 N–H and O–H groups in total. The van der Waals surface area contributed by atoms with Crippen molar-refractivity contribution in [1.82, 2.24) is 0 Å². The quantitative estimate of drug-likeness (QED) is 0.117. The zero-order chi connectivity index (χ0) is 43.0. The lowest BCUT2D eigenvalue weighted by molar-refractivity contribution is 0.590. The second-order valence-electron chi connectivity index (χ2n) is 20.4. The van der Waals surface area contributed by atoms with Crippen LogP contribution in [0.1, 0.15) is 127 Å². The first-order chi connectivity index (χ1) is 29.1. The Labute approximate surface area is 366 Å². The molecule has 2 nitrogen and oxygen atoms in total. The molecule has 0 aliphatic carbocycles. The van der Waals surface area contributed by atoms with E-state index in [9.17, 15) is 0 Å². The minimum absolute atomic E-state index is 0.0180. The molecular formula is C58H61BN2. The van der Waals surface area contributed by atoms with Gasteiger partial charge in [-0.1, -0.05) is 178 Å². The van der Waals surface area contributed by atoms with Crippen LogP contribution in [0, 0.1) is 0 Å². The van der Waals surface area contributed by atoms with E-state index in [-0.39, 0.29) is 17.5 Å². The van der Waals surface area contributed by atoms with Crippen LogP contribution in [0.25, 0.3) is 0 Å². The topological polar surface area (TPSA) is 6.48 Å². The number of benzene rings is 7. The molecule has 7 aromatic rings. The van der Waals surface area contributed by atoms with E-state index in [1.165, 1.54) is 89.5 Å². The Morgan fingerprint density at radius 1 is 0.377 bits per heavy atom. The van der Waals surface area contributed by atoms with Crippen LogP contribution in [0.3, 0.4) is 0 Å². The van der Waals surface area contributed by atoms with Gasteiger partial charge >= 0.3 is 0 Å². The molecule has 306 valence electrons. The molecule has 0 unspecified atom stereocenters. The third-order valence-corrected chi connectivity index (χ3v) is 13.7. The van der Waals surface area contributed by atoms with Crippen LogP contribution in [0.15, 0.2) is 158 Å². The normalized spacial score (nSPS) is 13.7. The fraction of sp³-hybridized carbons (Fsp3) is 0.276. The maximum absolute atomic E-state index is 2.58. The maximum atomic E-state index is 2.58. The molecule has 9 rings (SSSR count). The van der Waals surface area contributed by atoms with E-state index in [0.29, 0.717) is 11.8 Å².